The van der Waals surface area contributed by atoms with Crippen LogP contribution in [0.5, 0.6) is 11.5 Å². The molecule has 5 nitrogen and oxygen atoms in total. The summed E-state index contributed by atoms with van der Waals surface area (Å²) in [6, 6.07) is 18.0. The van der Waals surface area contributed by atoms with E-state index in [2.05, 4.69) is 44.0 Å². The molecule has 0 radical (unpaired) electrons. The van der Waals surface area contributed by atoms with Crippen LogP contribution < -0.4 is 9.47 Å². The van der Waals surface area contributed by atoms with Crippen molar-refractivity contribution in [2.24, 2.45) is 4.99 Å². The molecule has 3 aromatic rings. The van der Waals surface area contributed by atoms with E-state index >= 15 is 0 Å². The first-order valence-electron chi connectivity index (χ1n) is 12.0. The minimum Gasteiger partial charge on any atom is -0.490 e. The zero-order valence-electron chi connectivity index (χ0n) is 21.2. The number of likely N-dealkylation sites (N-methyl/N-ethyl adjacent to an activating group) is 1. The summed E-state index contributed by atoms with van der Waals surface area (Å²) in [4.78, 5) is 20.4. The maximum Gasteiger partial charge on any atom is 0.266 e. The number of aryl methyl sites for hydroxylation is 2. The first kappa shape index (κ1) is 27.5. The highest BCUT2D eigenvalue weighted by molar-refractivity contribution is 9.10. The lowest BCUT2D eigenvalue weighted by atomic mass is 10.1. The smallest absolute Gasteiger partial charge is 0.266 e. The first-order chi connectivity index (χ1) is 17.8. The summed E-state index contributed by atoms with van der Waals surface area (Å²) < 4.78 is 13.8. The van der Waals surface area contributed by atoms with E-state index in [9.17, 15) is 4.79 Å². The number of benzene rings is 3. The van der Waals surface area contributed by atoms with Gasteiger partial charge in [-0.25, -0.2) is 4.99 Å². The molecule has 1 aliphatic heterocycles. The van der Waals surface area contributed by atoms with Gasteiger partial charge in [-0.05, 0) is 114 Å². The molecule has 0 aliphatic carbocycles. The molecule has 3 aromatic carbocycles. The topological polar surface area (TPSA) is 51.1 Å². The third kappa shape index (κ3) is 6.67. The van der Waals surface area contributed by atoms with Crippen molar-refractivity contribution in [1.29, 1.82) is 0 Å². The van der Waals surface area contributed by atoms with Crippen LogP contribution in [-0.4, -0.2) is 29.1 Å². The zero-order chi connectivity index (χ0) is 26.5. The van der Waals surface area contributed by atoms with E-state index in [1.165, 1.54) is 11.8 Å². The van der Waals surface area contributed by atoms with Gasteiger partial charge in [-0.15, -0.1) is 0 Å². The number of amides is 1. The molecule has 0 unspecified atom stereocenters. The summed E-state index contributed by atoms with van der Waals surface area (Å²) in [5.74, 6) is 1.19. The second-order valence-electron chi connectivity index (χ2n) is 8.52. The molecular formula is C29H28Br2N2O3S. The molecule has 1 heterocycles. The largest absolute Gasteiger partial charge is 0.490 e. The van der Waals surface area contributed by atoms with Crippen LogP contribution in [-0.2, 0) is 11.4 Å². The molecule has 0 spiro atoms. The fourth-order valence-electron chi connectivity index (χ4n) is 3.77. The highest BCUT2D eigenvalue weighted by atomic mass is 79.9. The molecule has 1 aliphatic rings. The summed E-state index contributed by atoms with van der Waals surface area (Å²) in [6.45, 7) is 9.41. The van der Waals surface area contributed by atoms with Crippen molar-refractivity contribution in [2.45, 2.75) is 34.3 Å². The Balaban J connectivity index is 1.62. The van der Waals surface area contributed by atoms with Crippen molar-refractivity contribution in [3.8, 4) is 11.5 Å². The average Bonchev–Trinajstić information content (AvgIpc) is 3.15. The number of carbonyl (C=O) groups excluding carboxylic acids is 1. The average molecular weight is 644 g/mol. The number of thioether (sulfide) groups is 1. The van der Waals surface area contributed by atoms with E-state index in [1.54, 1.807) is 4.90 Å². The van der Waals surface area contributed by atoms with Crippen molar-refractivity contribution in [1.82, 2.24) is 4.90 Å². The van der Waals surface area contributed by atoms with Crippen molar-refractivity contribution in [2.75, 3.05) is 13.2 Å². The number of rotatable bonds is 8. The van der Waals surface area contributed by atoms with Gasteiger partial charge >= 0.3 is 0 Å². The van der Waals surface area contributed by atoms with E-state index in [4.69, 9.17) is 14.5 Å². The molecule has 0 aromatic heterocycles. The molecule has 1 fully saturated rings. The number of nitrogens with zero attached hydrogens (tertiary/aromatic N) is 2. The van der Waals surface area contributed by atoms with Crippen LogP contribution >= 0.6 is 43.6 Å². The van der Waals surface area contributed by atoms with Crippen LogP contribution in [0.1, 0.15) is 36.1 Å². The van der Waals surface area contributed by atoms with Crippen LogP contribution in [0.3, 0.4) is 0 Å². The van der Waals surface area contributed by atoms with E-state index in [1.807, 2.05) is 76.2 Å². The highest BCUT2D eigenvalue weighted by Gasteiger charge is 2.32. The number of aliphatic imine (C=N–C) groups is 1. The van der Waals surface area contributed by atoms with Crippen molar-refractivity contribution in [3.63, 3.8) is 0 Å². The third-order valence-electron chi connectivity index (χ3n) is 5.71. The van der Waals surface area contributed by atoms with Crippen molar-refractivity contribution >= 4 is 66.5 Å². The molecule has 192 valence electrons. The standard InChI is InChI=1S/C29H28Br2N2O3S/c1-5-33-28(34)26(37-29(33)32-24-13-18(3)7-8-19(24)4)16-21-14-23(31)27(25(15-21)35-6-2)36-17-20-9-11-22(30)12-10-20/h7-16H,5-6,17H2,1-4H3/b26-16+,32-29?. The van der Waals surface area contributed by atoms with Crippen LogP contribution in [0, 0.1) is 13.8 Å². The summed E-state index contributed by atoms with van der Waals surface area (Å²) in [5, 5.41) is 0.686. The molecule has 1 saturated heterocycles. The number of halogens is 2. The molecular weight excluding hydrogens is 616 g/mol. The van der Waals surface area contributed by atoms with Crippen LogP contribution in [0.15, 0.2) is 73.4 Å². The molecule has 0 N–H and O–H groups in total. The second kappa shape index (κ2) is 12.3. The maximum atomic E-state index is 13.2. The van der Waals surface area contributed by atoms with E-state index < -0.39 is 0 Å². The van der Waals surface area contributed by atoms with E-state index in [0.29, 0.717) is 41.3 Å². The Labute approximate surface area is 239 Å². The summed E-state index contributed by atoms with van der Waals surface area (Å²) in [6.07, 6.45) is 1.88. The molecule has 0 atom stereocenters. The van der Waals surface area contributed by atoms with Gasteiger partial charge in [0, 0.05) is 11.0 Å². The number of carbonyl (C=O) groups is 1. The number of hydrogen-bond donors (Lipinski definition) is 0. The SMILES string of the molecule is CCOc1cc(/C=C2/SC(=Nc3cc(C)ccc3C)N(CC)C2=O)cc(Br)c1OCc1ccc(Br)cc1. The fourth-order valence-corrected chi connectivity index (χ4v) is 5.67. The summed E-state index contributed by atoms with van der Waals surface area (Å²) >= 11 is 8.49. The number of ether oxygens (including phenoxy) is 2. The second-order valence-corrected chi connectivity index (χ2v) is 11.3. The zero-order valence-corrected chi connectivity index (χ0v) is 25.2. The lowest BCUT2D eigenvalue weighted by Crippen LogP contribution is -2.28. The lowest BCUT2D eigenvalue weighted by molar-refractivity contribution is -0.122. The van der Waals surface area contributed by atoms with Gasteiger partial charge in [0.25, 0.3) is 5.91 Å². The summed E-state index contributed by atoms with van der Waals surface area (Å²) in [7, 11) is 0. The molecule has 0 saturated carbocycles. The monoisotopic (exact) mass is 642 g/mol. The van der Waals surface area contributed by atoms with Crippen molar-refractivity contribution in [3.05, 3.63) is 90.7 Å². The van der Waals surface area contributed by atoms with Crippen LogP contribution in [0.4, 0.5) is 5.69 Å². The van der Waals surface area contributed by atoms with Gasteiger partial charge < -0.3 is 9.47 Å². The minimum absolute atomic E-state index is 0.0544. The quantitative estimate of drug-likeness (QED) is 0.231. The third-order valence-corrected chi connectivity index (χ3v) is 7.84. The number of amidine groups is 1. The molecule has 8 heteroatoms. The maximum absolute atomic E-state index is 13.2. The Bertz CT molecular complexity index is 1370. The Morgan fingerprint density at radius 3 is 2.46 bits per heavy atom. The molecule has 1 amide bonds. The van der Waals surface area contributed by atoms with Gasteiger partial charge in [0.2, 0.25) is 0 Å². The predicted molar refractivity (Wildman–Crippen MR) is 160 cm³/mol. The lowest BCUT2D eigenvalue weighted by Gasteiger charge is -2.15. The van der Waals surface area contributed by atoms with Gasteiger partial charge in [0.05, 0.1) is 21.7 Å². The van der Waals surface area contributed by atoms with Crippen molar-refractivity contribution < 1.29 is 14.3 Å². The molecule has 0 bridgehead atoms. The fraction of sp³-hybridized carbons (Fsp3) is 0.241. The van der Waals surface area contributed by atoms with E-state index in [0.717, 1.165) is 36.9 Å². The number of hydrogen-bond acceptors (Lipinski definition) is 5. The molecule has 4 rings (SSSR count). The predicted octanol–water partition coefficient (Wildman–Crippen LogP) is 8.43. The van der Waals surface area contributed by atoms with E-state index in [-0.39, 0.29) is 5.91 Å². The summed E-state index contributed by atoms with van der Waals surface area (Å²) in [5.41, 5.74) is 4.97. The van der Waals surface area contributed by atoms with Crippen LogP contribution in [0.2, 0.25) is 0 Å². The Morgan fingerprint density at radius 1 is 1.00 bits per heavy atom. The molecule has 37 heavy (non-hydrogen) atoms. The normalized spacial score (nSPS) is 15.6. The van der Waals surface area contributed by atoms with Gasteiger partial charge in [0.15, 0.2) is 16.7 Å². The van der Waals surface area contributed by atoms with Gasteiger partial charge in [-0.1, -0.05) is 40.2 Å². The minimum atomic E-state index is -0.0544. The Morgan fingerprint density at radius 2 is 1.76 bits per heavy atom. The van der Waals surface area contributed by atoms with Gasteiger partial charge in [-0.2, -0.15) is 0 Å². The first-order valence-corrected chi connectivity index (χ1v) is 14.4. The Hall–Kier alpha value is -2.55. The van der Waals surface area contributed by atoms with Gasteiger partial charge in [0.1, 0.15) is 6.61 Å². The van der Waals surface area contributed by atoms with Gasteiger partial charge in [-0.3, -0.25) is 9.69 Å². The van der Waals surface area contributed by atoms with Crippen LogP contribution in [0.25, 0.3) is 6.08 Å². The Kier molecular flexibility index (Phi) is 9.16. The highest BCUT2D eigenvalue weighted by Crippen LogP contribution is 2.40.